The average Bonchev–Trinajstić information content (AvgIpc) is 2.81. The van der Waals surface area contributed by atoms with Crippen LogP contribution in [0.15, 0.2) is 24.3 Å². The quantitative estimate of drug-likeness (QED) is 0.827. The number of nitrogens with zero attached hydrogens (tertiary/aromatic N) is 2. The molecular weight excluding hydrogens is 240 g/mol. The van der Waals surface area contributed by atoms with Crippen LogP contribution in [0.1, 0.15) is 5.56 Å². The van der Waals surface area contributed by atoms with E-state index in [1.807, 2.05) is 4.90 Å². The van der Waals surface area contributed by atoms with Crippen molar-refractivity contribution in [1.82, 2.24) is 10.2 Å². The number of hydrogen-bond acceptors (Lipinski definition) is 3. The van der Waals surface area contributed by atoms with Crippen LogP contribution < -0.4 is 16.0 Å². The molecule has 1 aromatic carbocycles. The number of nitrogens with two attached hydrogens (primary N) is 1. The lowest BCUT2D eigenvalue weighted by Crippen LogP contribution is -2.46. The third-order valence-electron chi connectivity index (χ3n) is 3.85. The molecule has 0 spiro atoms. The first-order valence-corrected chi connectivity index (χ1v) is 6.85. The van der Waals surface area contributed by atoms with Crippen molar-refractivity contribution in [3.63, 3.8) is 0 Å². The molecule has 19 heavy (non-hydrogen) atoms. The summed E-state index contributed by atoms with van der Waals surface area (Å²) in [5.74, 6) is 0. The van der Waals surface area contributed by atoms with Crippen molar-refractivity contribution in [3.05, 3.63) is 29.8 Å². The maximum Gasteiger partial charge on any atom is 0.317 e. The predicted molar refractivity (Wildman–Crippen MR) is 75.3 cm³/mol. The number of rotatable bonds is 3. The Hall–Kier alpha value is -1.75. The number of carbonyl (C=O) groups is 1. The van der Waals surface area contributed by atoms with Gasteiger partial charge in [-0.05, 0) is 18.1 Å². The lowest BCUT2D eigenvalue weighted by molar-refractivity contribution is 0.218. The molecule has 1 unspecified atom stereocenters. The van der Waals surface area contributed by atoms with Crippen molar-refractivity contribution in [3.8, 4) is 0 Å². The highest BCUT2D eigenvalue weighted by atomic mass is 16.2. The summed E-state index contributed by atoms with van der Waals surface area (Å²) in [6.45, 7) is 4.03. The van der Waals surface area contributed by atoms with E-state index in [1.165, 1.54) is 11.3 Å². The van der Waals surface area contributed by atoms with Crippen molar-refractivity contribution in [2.45, 2.75) is 12.5 Å². The smallest absolute Gasteiger partial charge is 0.317 e. The van der Waals surface area contributed by atoms with Crippen molar-refractivity contribution in [1.29, 1.82) is 0 Å². The van der Waals surface area contributed by atoms with Gasteiger partial charge in [-0.3, -0.25) is 0 Å². The molecular formula is C14H20N4O. The molecule has 102 valence electrons. The number of amides is 2. The molecule has 5 heteroatoms. The summed E-state index contributed by atoms with van der Waals surface area (Å²) in [6, 6.07) is 8.64. The normalized spacial score (nSPS) is 22.4. The van der Waals surface area contributed by atoms with E-state index >= 15 is 0 Å². The van der Waals surface area contributed by atoms with Gasteiger partial charge in [0.15, 0.2) is 0 Å². The third kappa shape index (κ3) is 2.51. The molecule has 5 nitrogen and oxygen atoms in total. The number of urea groups is 1. The molecule has 0 bridgehead atoms. The molecule has 1 aromatic rings. The first-order chi connectivity index (χ1) is 9.24. The zero-order chi connectivity index (χ0) is 13.2. The summed E-state index contributed by atoms with van der Waals surface area (Å²) >= 11 is 0. The van der Waals surface area contributed by atoms with E-state index in [0.717, 1.165) is 39.1 Å². The van der Waals surface area contributed by atoms with E-state index in [4.69, 9.17) is 5.73 Å². The monoisotopic (exact) mass is 260 g/mol. The van der Waals surface area contributed by atoms with Gasteiger partial charge in [0.2, 0.25) is 0 Å². The highest BCUT2D eigenvalue weighted by Crippen LogP contribution is 2.26. The number of carbonyl (C=O) groups excluding carboxylic acids is 1. The van der Waals surface area contributed by atoms with E-state index in [2.05, 4.69) is 34.5 Å². The molecule has 1 atom stereocenters. The summed E-state index contributed by atoms with van der Waals surface area (Å²) in [7, 11) is 0. The van der Waals surface area contributed by atoms with Gasteiger partial charge in [-0.1, -0.05) is 18.2 Å². The Morgan fingerprint density at radius 3 is 2.84 bits per heavy atom. The fourth-order valence-electron chi connectivity index (χ4n) is 2.90. The van der Waals surface area contributed by atoms with Crippen LogP contribution >= 0.6 is 0 Å². The fraction of sp³-hybridized carbons (Fsp3) is 0.500. The second-order valence-electron chi connectivity index (χ2n) is 5.26. The number of benzene rings is 1. The van der Waals surface area contributed by atoms with Crippen LogP contribution in [0.5, 0.6) is 0 Å². The van der Waals surface area contributed by atoms with Gasteiger partial charge in [-0.2, -0.15) is 0 Å². The lowest BCUT2D eigenvalue weighted by atomic mass is 9.98. The molecule has 0 aromatic heterocycles. The van der Waals surface area contributed by atoms with Gasteiger partial charge in [-0.15, -0.1) is 0 Å². The van der Waals surface area contributed by atoms with Crippen LogP contribution in [0.2, 0.25) is 0 Å². The molecule has 1 saturated heterocycles. The van der Waals surface area contributed by atoms with Crippen LogP contribution in [0.4, 0.5) is 10.5 Å². The minimum atomic E-state index is 0.0505. The SMILES string of the molecule is NC1Cc2ccccc2N(CCN2CCNC2=O)C1. The Labute approximate surface area is 113 Å². The minimum absolute atomic E-state index is 0.0505. The molecule has 1 fully saturated rings. The second-order valence-corrected chi connectivity index (χ2v) is 5.26. The molecule has 2 heterocycles. The second kappa shape index (κ2) is 5.09. The summed E-state index contributed by atoms with van der Waals surface area (Å²) in [6.07, 6.45) is 0.941. The Kier molecular flexibility index (Phi) is 3.29. The standard InChI is InChI=1S/C14H20N4O/c15-12-9-11-3-1-2-4-13(11)18(10-12)8-7-17-6-5-16-14(17)19/h1-4,12H,5-10,15H2,(H,16,19). The highest BCUT2D eigenvalue weighted by molar-refractivity contribution is 5.76. The lowest BCUT2D eigenvalue weighted by Gasteiger charge is -2.35. The fourth-order valence-corrected chi connectivity index (χ4v) is 2.90. The van der Waals surface area contributed by atoms with Crippen LogP contribution in [-0.4, -0.2) is 49.7 Å². The first-order valence-electron chi connectivity index (χ1n) is 6.85. The van der Waals surface area contributed by atoms with Gasteiger partial charge in [0, 0.05) is 44.5 Å². The summed E-state index contributed by atoms with van der Waals surface area (Å²) in [5.41, 5.74) is 8.70. The van der Waals surface area contributed by atoms with Gasteiger partial charge < -0.3 is 20.9 Å². The minimum Gasteiger partial charge on any atom is -0.368 e. The number of para-hydroxylation sites is 1. The van der Waals surface area contributed by atoms with E-state index in [1.54, 1.807) is 0 Å². The molecule has 0 saturated carbocycles. The third-order valence-corrected chi connectivity index (χ3v) is 3.85. The predicted octanol–water partition coefficient (Wildman–Crippen LogP) is 0.402. The van der Waals surface area contributed by atoms with Crippen LogP contribution in [0, 0.1) is 0 Å². The molecule has 2 aliphatic heterocycles. The Bertz CT molecular complexity index is 476. The van der Waals surface area contributed by atoms with Crippen molar-refractivity contribution >= 4 is 11.7 Å². The summed E-state index contributed by atoms with van der Waals surface area (Å²) in [5, 5.41) is 2.83. The van der Waals surface area contributed by atoms with Gasteiger partial charge in [-0.25, -0.2) is 4.79 Å². The molecule has 0 radical (unpaired) electrons. The Morgan fingerprint density at radius 1 is 1.26 bits per heavy atom. The largest absolute Gasteiger partial charge is 0.368 e. The van der Waals surface area contributed by atoms with Gasteiger partial charge in [0.1, 0.15) is 0 Å². The maximum atomic E-state index is 11.5. The first kappa shape index (κ1) is 12.3. The molecule has 2 aliphatic rings. The van der Waals surface area contributed by atoms with Crippen molar-refractivity contribution in [2.24, 2.45) is 5.73 Å². The molecule has 3 rings (SSSR count). The van der Waals surface area contributed by atoms with E-state index in [-0.39, 0.29) is 12.1 Å². The van der Waals surface area contributed by atoms with E-state index in [9.17, 15) is 4.79 Å². The van der Waals surface area contributed by atoms with Crippen LogP contribution in [0.25, 0.3) is 0 Å². The zero-order valence-corrected chi connectivity index (χ0v) is 11.0. The number of nitrogens with one attached hydrogen (secondary N) is 1. The zero-order valence-electron chi connectivity index (χ0n) is 11.0. The van der Waals surface area contributed by atoms with E-state index < -0.39 is 0 Å². The molecule has 2 amide bonds. The van der Waals surface area contributed by atoms with Crippen molar-refractivity contribution < 1.29 is 4.79 Å². The van der Waals surface area contributed by atoms with Gasteiger partial charge in [0.25, 0.3) is 0 Å². The average molecular weight is 260 g/mol. The van der Waals surface area contributed by atoms with Gasteiger partial charge in [0.05, 0.1) is 0 Å². The topological polar surface area (TPSA) is 61.6 Å². The highest BCUT2D eigenvalue weighted by Gasteiger charge is 2.24. The van der Waals surface area contributed by atoms with Crippen LogP contribution in [0.3, 0.4) is 0 Å². The number of hydrogen-bond donors (Lipinski definition) is 2. The summed E-state index contributed by atoms with van der Waals surface area (Å²) in [4.78, 5) is 15.7. The van der Waals surface area contributed by atoms with Crippen LogP contribution in [-0.2, 0) is 6.42 Å². The molecule has 3 N–H and O–H groups in total. The Morgan fingerprint density at radius 2 is 2.05 bits per heavy atom. The maximum absolute atomic E-state index is 11.5. The number of fused-ring (bicyclic) bond motifs is 1. The summed E-state index contributed by atoms with van der Waals surface area (Å²) < 4.78 is 0. The van der Waals surface area contributed by atoms with Crippen molar-refractivity contribution in [2.75, 3.05) is 37.6 Å². The Balaban J connectivity index is 1.69. The van der Waals surface area contributed by atoms with Gasteiger partial charge >= 0.3 is 6.03 Å². The number of anilines is 1. The van der Waals surface area contributed by atoms with E-state index in [0.29, 0.717) is 0 Å². The molecule has 0 aliphatic carbocycles.